The molecule has 0 saturated heterocycles. The van der Waals surface area contributed by atoms with Crippen molar-refractivity contribution in [2.75, 3.05) is 6.61 Å². The molecule has 0 N–H and O–H groups in total. The summed E-state index contributed by atoms with van der Waals surface area (Å²) in [7, 11) is 0. The van der Waals surface area contributed by atoms with Crippen molar-refractivity contribution >= 4 is 10.9 Å². The predicted molar refractivity (Wildman–Crippen MR) is 102 cm³/mol. The van der Waals surface area contributed by atoms with E-state index in [0.29, 0.717) is 6.61 Å². The zero-order valence-corrected chi connectivity index (χ0v) is 14.4. The van der Waals surface area contributed by atoms with E-state index in [9.17, 15) is 0 Å². The molecule has 25 heavy (non-hydrogen) atoms. The van der Waals surface area contributed by atoms with Gasteiger partial charge >= 0.3 is 0 Å². The molecular formula is C22H23NO2. The van der Waals surface area contributed by atoms with Crippen LogP contribution in [0.3, 0.4) is 0 Å². The van der Waals surface area contributed by atoms with Crippen LogP contribution in [-0.2, 0) is 6.61 Å². The molecule has 0 bridgehead atoms. The maximum Gasteiger partial charge on any atom is 0.120 e. The monoisotopic (exact) mass is 333 g/mol. The van der Waals surface area contributed by atoms with Gasteiger partial charge in [-0.25, -0.2) is 0 Å². The molecule has 0 amide bonds. The SMILES string of the molecule is C=CCCCCOc1cccc(COc2ccc3ncccc3c2)c1. The minimum atomic E-state index is 0.513. The van der Waals surface area contributed by atoms with E-state index in [4.69, 9.17) is 9.47 Å². The summed E-state index contributed by atoms with van der Waals surface area (Å²) in [6.45, 7) is 4.98. The average Bonchev–Trinajstić information content (AvgIpc) is 2.66. The van der Waals surface area contributed by atoms with Crippen molar-refractivity contribution in [1.82, 2.24) is 4.98 Å². The van der Waals surface area contributed by atoms with Gasteiger partial charge in [-0.1, -0.05) is 24.3 Å². The van der Waals surface area contributed by atoms with Gasteiger partial charge in [-0.2, -0.15) is 0 Å². The van der Waals surface area contributed by atoms with E-state index in [1.54, 1.807) is 6.20 Å². The molecule has 0 radical (unpaired) electrons. The van der Waals surface area contributed by atoms with Crippen LogP contribution in [0.15, 0.2) is 73.4 Å². The van der Waals surface area contributed by atoms with Crippen molar-refractivity contribution < 1.29 is 9.47 Å². The Morgan fingerprint density at radius 2 is 1.84 bits per heavy atom. The first-order valence-electron chi connectivity index (χ1n) is 8.65. The molecule has 2 aromatic carbocycles. The first kappa shape index (κ1) is 17.0. The topological polar surface area (TPSA) is 31.4 Å². The Morgan fingerprint density at radius 3 is 2.76 bits per heavy atom. The minimum Gasteiger partial charge on any atom is -0.494 e. The molecular weight excluding hydrogens is 310 g/mol. The van der Waals surface area contributed by atoms with Crippen LogP contribution in [0.5, 0.6) is 11.5 Å². The molecule has 0 saturated carbocycles. The van der Waals surface area contributed by atoms with Crippen LogP contribution in [0.1, 0.15) is 24.8 Å². The highest BCUT2D eigenvalue weighted by molar-refractivity contribution is 5.79. The number of unbranched alkanes of at least 4 members (excludes halogenated alkanes) is 2. The summed E-state index contributed by atoms with van der Waals surface area (Å²) in [6.07, 6.45) is 6.94. The van der Waals surface area contributed by atoms with Crippen LogP contribution in [-0.4, -0.2) is 11.6 Å². The fourth-order valence-electron chi connectivity index (χ4n) is 2.62. The highest BCUT2D eigenvalue weighted by atomic mass is 16.5. The van der Waals surface area contributed by atoms with E-state index in [1.807, 2.05) is 60.7 Å². The largest absolute Gasteiger partial charge is 0.494 e. The van der Waals surface area contributed by atoms with Gasteiger partial charge in [0.15, 0.2) is 0 Å². The Bertz CT molecular complexity index is 829. The van der Waals surface area contributed by atoms with E-state index in [2.05, 4.69) is 11.6 Å². The van der Waals surface area contributed by atoms with Crippen LogP contribution in [0.4, 0.5) is 0 Å². The van der Waals surface area contributed by atoms with Crippen LogP contribution in [0.2, 0.25) is 0 Å². The zero-order chi connectivity index (χ0) is 17.3. The van der Waals surface area contributed by atoms with Crippen molar-refractivity contribution in [3.63, 3.8) is 0 Å². The van der Waals surface area contributed by atoms with Gasteiger partial charge in [-0.05, 0) is 61.2 Å². The van der Waals surface area contributed by atoms with Crippen molar-refractivity contribution in [1.29, 1.82) is 0 Å². The van der Waals surface area contributed by atoms with Crippen molar-refractivity contribution in [2.45, 2.75) is 25.9 Å². The molecule has 3 nitrogen and oxygen atoms in total. The van der Waals surface area contributed by atoms with Crippen LogP contribution >= 0.6 is 0 Å². The second-order valence-corrected chi connectivity index (χ2v) is 5.93. The Morgan fingerprint density at radius 1 is 0.920 bits per heavy atom. The van der Waals surface area contributed by atoms with Crippen LogP contribution in [0, 0.1) is 0 Å². The molecule has 0 atom stereocenters. The van der Waals surface area contributed by atoms with E-state index >= 15 is 0 Å². The van der Waals surface area contributed by atoms with Crippen LogP contribution in [0.25, 0.3) is 10.9 Å². The number of hydrogen-bond donors (Lipinski definition) is 0. The summed E-state index contributed by atoms with van der Waals surface area (Å²) in [6, 6.07) is 18.0. The molecule has 3 rings (SSSR count). The standard InChI is InChI=1S/C22H23NO2/c1-2-3-4-5-14-24-20-10-6-8-18(15-20)17-25-21-11-12-22-19(16-21)9-7-13-23-22/h2,6-13,15-16H,1,3-5,14,17H2. The molecule has 1 aromatic heterocycles. The predicted octanol–water partition coefficient (Wildman–Crippen LogP) is 5.55. The fourth-order valence-corrected chi connectivity index (χ4v) is 2.62. The molecule has 3 aromatic rings. The third-order valence-electron chi connectivity index (χ3n) is 3.95. The number of nitrogens with zero attached hydrogens (tertiary/aromatic N) is 1. The van der Waals surface area contributed by atoms with Gasteiger partial charge in [0.2, 0.25) is 0 Å². The summed E-state index contributed by atoms with van der Waals surface area (Å²) in [5.41, 5.74) is 2.07. The van der Waals surface area contributed by atoms with Gasteiger partial charge in [-0.3, -0.25) is 4.98 Å². The lowest BCUT2D eigenvalue weighted by Crippen LogP contribution is -1.99. The third-order valence-corrected chi connectivity index (χ3v) is 3.95. The number of pyridine rings is 1. The van der Waals surface area contributed by atoms with Gasteiger partial charge in [-0.15, -0.1) is 6.58 Å². The average molecular weight is 333 g/mol. The highest BCUT2D eigenvalue weighted by Gasteiger charge is 2.01. The smallest absolute Gasteiger partial charge is 0.120 e. The Labute approximate surface area is 148 Å². The quantitative estimate of drug-likeness (QED) is 0.380. The van der Waals surface area contributed by atoms with Crippen LogP contribution < -0.4 is 9.47 Å². The molecule has 3 heteroatoms. The van der Waals surface area contributed by atoms with Gasteiger partial charge in [0.05, 0.1) is 12.1 Å². The number of aromatic nitrogens is 1. The lowest BCUT2D eigenvalue weighted by Gasteiger charge is -2.10. The molecule has 0 aliphatic rings. The number of rotatable bonds is 9. The van der Waals surface area contributed by atoms with Gasteiger partial charge in [0, 0.05) is 11.6 Å². The van der Waals surface area contributed by atoms with E-state index in [0.717, 1.165) is 53.8 Å². The fraction of sp³-hybridized carbons (Fsp3) is 0.227. The van der Waals surface area contributed by atoms with E-state index in [-0.39, 0.29) is 0 Å². The maximum atomic E-state index is 5.92. The molecule has 1 heterocycles. The first-order valence-corrected chi connectivity index (χ1v) is 8.65. The lowest BCUT2D eigenvalue weighted by atomic mass is 10.2. The van der Waals surface area contributed by atoms with Crippen molar-refractivity contribution in [3.8, 4) is 11.5 Å². The third kappa shape index (κ3) is 5.08. The second kappa shape index (κ2) is 8.88. The Balaban J connectivity index is 1.55. The summed E-state index contributed by atoms with van der Waals surface area (Å²) < 4.78 is 11.7. The Hall–Kier alpha value is -2.81. The lowest BCUT2D eigenvalue weighted by molar-refractivity contribution is 0.297. The highest BCUT2D eigenvalue weighted by Crippen LogP contribution is 2.21. The summed E-state index contributed by atoms with van der Waals surface area (Å²) in [5, 5.41) is 1.08. The van der Waals surface area contributed by atoms with Gasteiger partial charge in [0.1, 0.15) is 18.1 Å². The molecule has 128 valence electrons. The number of fused-ring (bicyclic) bond motifs is 1. The number of allylic oxidation sites excluding steroid dienone is 1. The molecule has 0 fully saturated rings. The second-order valence-electron chi connectivity index (χ2n) is 5.93. The normalized spacial score (nSPS) is 10.6. The maximum absolute atomic E-state index is 5.92. The summed E-state index contributed by atoms with van der Waals surface area (Å²) in [4.78, 5) is 4.32. The Kier molecular flexibility index (Phi) is 6.05. The van der Waals surface area contributed by atoms with Crippen molar-refractivity contribution in [3.05, 3.63) is 79.0 Å². The molecule has 0 aliphatic carbocycles. The number of ether oxygens (including phenoxy) is 2. The number of benzene rings is 2. The van der Waals surface area contributed by atoms with E-state index in [1.165, 1.54) is 0 Å². The van der Waals surface area contributed by atoms with Gasteiger partial charge < -0.3 is 9.47 Å². The van der Waals surface area contributed by atoms with E-state index < -0.39 is 0 Å². The summed E-state index contributed by atoms with van der Waals surface area (Å²) in [5.74, 6) is 1.73. The molecule has 0 spiro atoms. The molecule has 0 aliphatic heterocycles. The zero-order valence-electron chi connectivity index (χ0n) is 14.4. The molecule has 0 unspecified atom stereocenters. The summed E-state index contributed by atoms with van der Waals surface area (Å²) >= 11 is 0. The minimum absolute atomic E-state index is 0.513. The van der Waals surface area contributed by atoms with Gasteiger partial charge in [0.25, 0.3) is 0 Å². The first-order chi connectivity index (χ1) is 12.3. The van der Waals surface area contributed by atoms with Crippen molar-refractivity contribution in [2.24, 2.45) is 0 Å². The number of hydrogen-bond acceptors (Lipinski definition) is 3.